The zero-order valence-corrected chi connectivity index (χ0v) is 13.6. The number of imide groups is 1. The Morgan fingerprint density at radius 1 is 1.08 bits per heavy atom. The third kappa shape index (κ3) is 3.78. The molecular formula is C17H18N2O6. The minimum atomic E-state index is -0.857. The number of benzene rings is 1. The first-order chi connectivity index (χ1) is 12.1. The quantitative estimate of drug-likeness (QED) is 0.765. The summed E-state index contributed by atoms with van der Waals surface area (Å²) in [6, 6.07) is 8.33. The molecule has 0 bridgehead atoms. The van der Waals surface area contributed by atoms with Crippen LogP contribution in [0.4, 0.5) is 4.79 Å². The Kier molecular flexibility index (Phi) is 4.97. The van der Waals surface area contributed by atoms with E-state index < -0.39 is 29.9 Å². The Morgan fingerprint density at radius 3 is 2.44 bits per heavy atom. The molecule has 2 heterocycles. The van der Waals surface area contributed by atoms with Crippen molar-refractivity contribution in [3.8, 4) is 0 Å². The van der Waals surface area contributed by atoms with Crippen molar-refractivity contribution in [2.75, 3.05) is 6.54 Å². The van der Waals surface area contributed by atoms with Gasteiger partial charge < -0.3 is 9.57 Å². The summed E-state index contributed by atoms with van der Waals surface area (Å²) in [6.45, 7) is 0.455. The Hall–Kier alpha value is -2.90. The SMILES string of the molecule is O=C(ON1C(=O)CCC1=O)C1CCCN1C(=O)OCc1ccccc1. The van der Waals surface area contributed by atoms with E-state index in [4.69, 9.17) is 9.57 Å². The van der Waals surface area contributed by atoms with Gasteiger partial charge in [0.1, 0.15) is 12.6 Å². The number of hydrogen-bond acceptors (Lipinski definition) is 6. The van der Waals surface area contributed by atoms with Gasteiger partial charge in [-0.2, -0.15) is 0 Å². The number of ether oxygens (including phenoxy) is 1. The van der Waals surface area contributed by atoms with Crippen LogP contribution < -0.4 is 0 Å². The summed E-state index contributed by atoms with van der Waals surface area (Å²) in [5.41, 5.74) is 0.836. The van der Waals surface area contributed by atoms with E-state index >= 15 is 0 Å². The molecule has 8 nitrogen and oxygen atoms in total. The molecule has 0 aliphatic carbocycles. The standard InChI is InChI=1S/C17H18N2O6/c20-14-8-9-15(21)19(14)25-16(22)13-7-4-10-18(13)17(23)24-11-12-5-2-1-3-6-12/h1-3,5-6,13H,4,7-11H2. The number of likely N-dealkylation sites (tertiary alicyclic amines) is 1. The Balaban J connectivity index is 1.57. The molecular weight excluding hydrogens is 328 g/mol. The predicted octanol–water partition coefficient (Wildman–Crippen LogP) is 1.39. The van der Waals surface area contributed by atoms with E-state index in [1.165, 1.54) is 4.90 Å². The molecule has 3 amide bonds. The molecule has 2 aliphatic heterocycles. The van der Waals surface area contributed by atoms with Crippen molar-refractivity contribution >= 4 is 23.9 Å². The number of amides is 3. The summed E-state index contributed by atoms with van der Waals surface area (Å²) in [5, 5.41) is 0.494. The summed E-state index contributed by atoms with van der Waals surface area (Å²) in [4.78, 5) is 53.8. The van der Waals surface area contributed by atoms with Gasteiger partial charge in [-0.3, -0.25) is 14.5 Å². The first kappa shape index (κ1) is 16.9. The van der Waals surface area contributed by atoms with Crippen LogP contribution in [0, 0.1) is 0 Å². The van der Waals surface area contributed by atoms with Crippen LogP contribution >= 0.6 is 0 Å². The number of carbonyl (C=O) groups excluding carboxylic acids is 4. The minimum Gasteiger partial charge on any atom is -0.445 e. The van der Waals surface area contributed by atoms with Crippen molar-refractivity contribution in [2.24, 2.45) is 0 Å². The maximum atomic E-state index is 12.3. The predicted molar refractivity (Wildman–Crippen MR) is 83.5 cm³/mol. The third-order valence-electron chi connectivity index (χ3n) is 4.15. The highest BCUT2D eigenvalue weighted by Gasteiger charge is 2.40. The van der Waals surface area contributed by atoms with Gasteiger partial charge in [-0.15, -0.1) is 5.06 Å². The smallest absolute Gasteiger partial charge is 0.410 e. The van der Waals surface area contributed by atoms with E-state index in [-0.39, 0.29) is 19.4 Å². The van der Waals surface area contributed by atoms with Gasteiger partial charge in [0.15, 0.2) is 0 Å². The maximum absolute atomic E-state index is 12.3. The molecule has 0 aromatic heterocycles. The molecule has 1 aromatic rings. The Bertz CT molecular complexity index is 674. The number of nitrogens with zero attached hydrogens (tertiary/aromatic N) is 2. The number of hydrogen-bond donors (Lipinski definition) is 0. The van der Waals surface area contributed by atoms with Gasteiger partial charge in [0.2, 0.25) is 0 Å². The monoisotopic (exact) mass is 346 g/mol. The molecule has 25 heavy (non-hydrogen) atoms. The molecule has 3 rings (SSSR count). The van der Waals surface area contributed by atoms with Crippen LogP contribution in [-0.2, 0) is 30.6 Å². The van der Waals surface area contributed by atoms with Crippen LogP contribution in [0.3, 0.4) is 0 Å². The average Bonchev–Trinajstić information content (AvgIpc) is 3.23. The first-order valence-corrected chi connectivity index (χ1v) is 8.11. The lowest BCUT2D eigenvalue weighted by Crippen LogP contribution is -2.44. The number of hydroxylamine groups is 2. The second-order valence-electron chi connectivity index (χ2n) is 5.88. The largest absolute Gasteiger partial charge is 0.445 e. The summed E-state index contributed by atoms with van der Waals surface area (Å²) < 4.78 is 5.24. The highest BCUT2D eigenvalue weighted by atomic mass is 16.7. The van der Waals surface area contributed by atoms with Gasteiger partial charge in [-0.05, 0) is 18.4 Å². The molecule has 132 valence electrons. The van der Waals surface area contributed by atoms with Crippen LogP contribution in [0.5, 0.6) is 0 Å². The lowest BCUT2D eigenvalue weighted by atomic mass is 10.2. The van der Waals surface area contributed by atoms with Crippen LogP contribution in [0.1, 0.15) is 31.2 Å². The maximum Gasteiger partial charge on any atom is 0.410 e. The van der Waals surface area contributed by atoms with Crippen molar-refractivity contribution in [1.82, 2.24) is 9.96 Å². The zero-order chi connectivity index (χ0) is 17.8. The van der Waals surface area contributed by atoms with Crippen molar-refractivity contribution in [2.45, 2.75) is 38.3 Å². The molecule has 2 saturated heterocycles. The van der Waals surface area contributed by atoms with Crippen molar-refractivity contribution in [1.29, 1.82) is 0 Å². The molecule has 2 aliphatic rings. The number of rotatable bonds is 4. The van der Waals surface area contributed by atoms with E-state index in [2.05, 4.69) is 0 Å². The molecule has 0 spiro atoms. The third-order valence-corrected chi connectivity index (χ3v) is 4.15. The molecule has 2 fully saturated rings. The van der Waals surface area contributed by atoms with Crippen LogP contribution in [0.15, 0.2) is 30.3 Å². The van der Waals surface area contributed by atoms with E-state index in [9.17, 15) is 19.2 Å². The Labute approximate surface area is 144 Å². The van der Waals surface area contributed by atoms with E-state index in [0.717, 1.165) is 5.56 Å². The lowest BCUT2D eigenvalue weighted by molar-refractivity contribution is -0.200. The van der Waals surface area contributed by atoms with Gasteiger partial charge in [-0.25, -0.2) is 9.59 Å². The summed E-state index contributed by atoms with van der Waals surface area (Å²) >= 11 is 0. The fraction of sp³-hybridized carbons (Fsp3) is 0.412. The van der Waals surface area contributed by atoms with Crippen molar-refractivity contribution in [3.63, 3.8) is 0 Å². The van der Waals surface area contributed by atoms with Crippen LogP contribution in [0.25, 0.3) is 0 Å². The molecule has 1 aromatic carbocycles. The fourth-order valence-electron chi connectivity index (χ4n) is 2.84. The second kappa shape index (κ2) is 7.33. The average molecular weight is 346 g/mol. The molecule has 0 radical (unpaired) electrons. The van der Waals surface area contributed by atoms with Gasteiger partial charge >= 0.3 is 12.1 Å². The molecule has 0 N–H and O–H groups in total. The van der Waals surface area contributed by atoms with Crippen LogP contribution in [0.2, 0.25) is 0 Å². The first-order valence-electron chi connectivity index (χ1n) is 8.11. The topological polar surface area (TPSA) is 93.2 Å². The Morgan fingerprint density at radius 2 is 1.76 bits per heavy atom. The highest BCUT2D eigenvalue weighted by Crippen LogP contribution is 2.22. The normalized spacial score (nSPS) is 20.1. The van der Waals surface area contributed by atoms with E-state index in [0.29, 0.717) is 24.4 Å². The fourth-order valence-corrected chi connectivity index (χ4v) is 2.84. The molecule has 0 saturated carbocycles. The van der Waals surface area contributed by atoms with E-state index in [1.54, 1.807) is 0 Å². The highest BCUT2D eigenvalue weighted by molar-refractivity contribution is 6.01. The van der Waals surface area contributed by atoms with Gasteiger partial charge in [0.05, 0.1) is 0 Å². The van der Waals surface area contributed by atoms with E-state index in [1.807, 2.05) is 30.3 Å². The molecule has 1 atom stereocenters. The van der Waals surface area contributed by atoms with Crippen molar-refractivity contribution < 1.29 is 28.8 Å². The summed E-state index contributed by atoms with van der Waals surface area (Å²) in [6.07, 6.45) is 0.443. The molecule has 8 heteroatoms. The minimum absolute atomic E-state index is 0.0274. The summed E-state index contributed by atoms with van der Waals surface area (Å²) in [5.74, 6) is -1.89. The molecule has 1 unspecified atom stereocenters. The van der Waals surface area contributed by atoms with Crippen LogP contribution in [-0.4, -0.2) is 46.4 Å². The lowest BCUT2D eigenvalue weighted by Gasteiger charge is -2.23. The van der Waals surface area contributed by atoms with Gasteiger partial charge in [-0.1, -0.05) is 30.3 Å². The summed E-state index contributed by atoms with van der Waals surface area (Å²) in [7, 11) is 0. The second-order valence-corrected chi connectivity index (χ2v) is 5.88. The van der Waals surface area contributed by atoms with Crippen molar-refractivity contribution in [3.05, 3.63) is 35.9 Å². The zero-order valence-electron chi connectivity index (χ0n) is 13.6. The van der Waals surface area contributed by atoms with Gasteiger partial charge in [0.25, 0.3) is 11.8 Å². The number of carbonyl (C=O) groups is 4. The van der Waals surface area contributed by atoms with Gasteiger partial charge in [0, 0.05) is 19.4 Å².